The summed E-state index contributed by atoms with van der Waals surface area (Å²) in [5, 5.41) is 2.72. The monoisotopic (exact) mass is 400 g/mol. The van der Waals surface area contributed by atoms with E-state index in [1.807, 2.05) is 38.1 Å². The third-order valence-corrected chi connectivity index (χ3v) is 4.89. The number of nitrogens with zero attached hydrogens (tertiary/aromatic N) is 1. The number of hydrogen-bond acceptors (Lipinski definition) is 4. The fourth-order valence-corrected chi connectivity index (χ4v) is 3.33. The molecule has 1 N–H and O–H groups in total. The van der Waals surface area contributed by atoms with Crippen molar-refractivity contribution in [2.24, 2.45) is 0 Å². The maximum atomic E-state index is 12.8. The predicted molar refractivity (Wildman–Crippen MR) is 114 cm³/mol. The van der Waals surface area contributed by atoms with E-state index in [0.29, 0.717) is 22.7 Å². The van der Waals surface area contributed by atoms with Gasteiger partial charge in [0.25, 0.3) is 17.7 Å². The topological polar surface area (TPSA) is 75.7 Å². The second-order valence-corrected chi connectivity index (χ2v) is 7.15. The van der Waals surface area contributed by atoms with Gasteiger partial charge in [-0.25, -0.2) is 4.90 Å². The fraction of sp³-hybridized carbons (Fsp3) is 0.125. The lowest BCUT2D eigenvalue weighted by atomic mass is 10.1. The Morgan fingerprint density at radius 1 is 0.900 bits per heavy atom. The van der Waals surface area contributed by atoms with Crippen LogP contribution in [0.25, 0.3) is 0 Å². The molecule has 0 bridgehead atoms. The summed E-state index contributed by atoms with van der Waals surface area (Å²) in [5.41, 5.74) is 3.50. The van der Waals surface area contributed by atoms with Gasteiger partial charge >= 0.3 is 0 Å². The lowest BCUT2D eigenvalue weighted by molar-refractivity contribution is -0.118. The van der Waals surface area contributed by atoms with Gasteiger partial charge in [0, 0.05) is 5.69 Å². The Bertz CT molecular complexity index is 1160. The van der Waals surface area contributed by atoms with E-state index in [1.165, 1.54) is 6.07 Å². The van der Waals surface area contributed by atoms with Crippen molar-refractivity contribution < 1.29 is 19.1 Å². The lowest BCUT2D eigenvalue weighted by Crippen LogP contribution is -2.29. The molecule has 0 fully saturated rings. The van der Waals surface area contributed by atoms with Crippen LogP contribution in [0.15, 0.2) is 66.7 Å². The highest BCUT2D eigenvalue weighted by Crippen LogP contribution is 2.30. The van der Waals surface area contributed by atoms with E-state index in [4.69, 9.17) is 4.74 Å². The summed E-state index contributed by atoms with van der Waals surface area (Å²) in [7, 11) is 0. The number of fused-ring (bicyclic) bond motifs is 1. The summed E-state index contributed by atoms with van der Waals surface area (Å²) in [5.74, 6) is -0.493. The molecule has 0 aromatic heterocycles. The van der Waals surface area contributed by atoms with E-state index < -0.39 is 5.91 Å². The Labute approximate surface area is 174 Å². The first-order valence-electron chi connectivity index (χ1n) is 9.52. The Morgan fingerprint density at radius 3 is 2.40 bits per heavy atom. The number of ether oxygens (including phenoxy) is 1. The molecule has 0 saturated heterocycles. The van der Waals surface area contributed by atoms with Gasteiger partial charge in [-0.3, -0.25) is 14.4 Å². The first kappa shape index (κ1) is 19.4. The molecule has 0 aliphatic carbocycles. The maximum absolute atomic E-state index is 12.8. The van der Waals surface area contributed by atoms with Crippen LogP contribution in [0.4, 0.5) is 11.4 Å². The molecule has 0 radical (unpaired) electrons. The van der Waals surface area contributed by atoms with Gasteiger partial charge in [-0.1, -0.05) is 30.3 Å². The van der Waals surface area contributed by atoms with Crippen molar-refractivity contribution in [3.8, 4) is 5.75 Å². The molecule has 30 heavy (non-hydrogen) atoms. The van der Waals surface area contributed by atoms with Crippen molar-refractivity contribution in [2.75, 3.05) is 16.8 Å². The number of anilines is 2. The van der Waals surface area contributed by atoms with E-state index in [0.717, 1.165) is 16.0 Å². The number of amides is 3. The van der Waals surface area contributed by atoms with Crippen LogP contribution >= 0.6 is 0 Å². The number of carbonyl (C=O) groups is 3. The van der Waals surface area contributed by atoms with E-state index in [9.17, 15) is 14.4 Å². The quantitative estimate of drug-likeness (QED) is 0.654. The van der Waals surface area contributed by atoms with Crippen LogP contribution in [0.2, 0.25) is 0 Å². The van der Waals surface area contributed by atoms with Gasteiger partial charge in [-0.15, -0.1) is 0 Å². The molecule has 1 aliphatic rings. The van der Waals surface area contributed by atoms with Crippen LogP contribution in [0.1, 0.15) is 31.8 Å². The average Bonchev–Trinajstić information content (AvgIpc) is 2.99. The van der Waals surface area contributed by atoms with Crippen LogP contribution in [0.5, 0.6) is 5.75 Å². The molecule has 3 aromatic carbocycles. The summed E-state index contributed by atoms with van der Waals surface area (Å²) in [6, 6.07) is 19.2. The molecule has 6 heteroatoms. The van der Waals surface area contributed by atoms with Crippen LogP contribution in [0, 0.1) is 13.8 Å². The number of carbonyl (C=O) groups excluding carboxylic acids is 3. The van der Waals surface area contributed by atoms with Gasteiger partial charge in [0.05, 0.1) is 16.8 Å². The molecule has 1 aliphatic heterocycles. The van der Waals surface area contributed by atoms with Gasteiger partial charge in [0.1, 0.15) is 5.75 Å². The summed E-state index contributed by atoms with van der Waals surface area (Å²) < 4.78 is 5.62. The molecule has 0 spiro atoms. The predicted octanol–water partition coefficient (Wildman–Crippen LogP) is 4.12. The van der Waals surface area contributed by atoms with Crippen molar-refractivity contribution in [3.05, 3.63) is 89.0 Å². The van der Waals surface area contributed by atoms with Gasteiger partial charge in [-0.2, -0.15) is 0 Å². The van der Waals surface area contributed by atoms with Crippen LogP contribution in [-0.2, 0) is 4.79 Å². The Hall–Kier alpha value is -3.93. The first-order chi connectivity index (χ1) is 14.4. The number of rotatable bonds is 5. The molecule has 6 nitrogen and oxygen atoms in total. The molecule has 150 valence electrons. The number of imide groups is 1. The van der Waals surface area contributed by atoms with Crippen molar-refractivity contribution in [2.45, 2.75) is 13.8 Å². The molecule has 3 aromatic rings. The van der Waals surface area contributed by atoms with Crippen molar-refractivity contribution >= 4 is 29.1 Å². The minimum Gasteiger partial charge on any atom is -0.483 e. The molecule has 4 rings (SSSR count). The number of aryl methyl sites for hydroxylation is 2. The van der Waals surface area contributed by atoms with E-state index in [2.05, 4.69) is 5.32 Å². The van der Waals surface area contributed by atoms with Crippen molar-refractivity contribution in [3.63, 3.8) is 0 Å². The normalized spacial score (nSPS) is 12.7. The Balaban J connectivity index is 1.47. The third kappa shape index (κ3) is 3.67. The van der Waals surface area contributed by atoms with Gasteiger partial charge in [-0.05, 0) is 61.4 Å². The Kier molecular flexibility index (Phi) is 5.06. The molecule has 3 amide bonds. The van der Waals surface area contributed by atoms with Crippen LogP contribution in [0.3, 0.4) is 0 Å². The molecular weight excluding hydrogens is 380 g/mol. The molecule has 1 heterocycles. The first-order valence-corrected chi connectivity index (χ1v) is 9.52. The summed E-state index contributed by atoms with van der Waals surface area (Å²) >= 11 is 0. The fourth-order valence-electron chi connectivity index (χ4n) is 3.33. The highest BCUT2D eigenvalue weighted by Gasteiger charge is 2.36. The molecule has 0 saturated carbocycles. The number of hydrogen-bond donors (Lipinski definition) is 1. The number of benzene rings is 3. The molecular formula is C24H20N2O4. The summed E-state index contributed by atoms with van der Waals surface area (Å²) in [4.78, 5) is 38.9. The number of para-hydroxylation sites is 1. The zero-order valence-electron chi connectivity index (χ0n) is 16.6. The van der Waals surface area contributed by atoms with Crippen LogP contribution in [-0.4, -0.2) is 24.3 Å². The van der Waals surface area contributed by atoms with Crippen molar-refractivity contribution in [1.29, 1.82) is 0 Å². The summed E-state index contributed by atoms with van der Waals surface area (Å²) in [6.45, 7) is 3.70. The van der Waals surface area contributed by atoms with E-state index >= 15 is 0 Å². The second-order valence-electron chi connectivity index (χ2n) is 7.15. The van der Waals surface area contributed by atoms with E-state index in [1.54, 1.807) is 36.4 Å². The Morgan fingerprint density at radius 2 is 1.63 bits per heavy atom. The van der Waals surface area contributed by atoms with E-state index in [-0.39, 0.29) is 24.0 Å². The SMILES string of the molecule is Cc1ccc(C)c(OCC(=O)Nc2ccc3c(c2)C(=O)N(c2ccccc2)C3=O)c1. The van der Waals surface area contributed by atoms with Crippen LogP contribution < -0.4 is 15.0 Å². The van der Waals surface area contributed by atoms with Gasteiger partial charge < -0.3 is 10.1 Å². The minimum absolute atomic E-state index is 0.162. The van der Waals surface area contributed by atoms with Gasteiger partial charge in [0.2, 0.25) is 0 Å². The average molecular weight is 400 g/mol. The highest BCUT2D eigenvalue weighted by molar-refractivity contribution is 6.34. The lowest BCUT2D eigenvalue weighted by Gasteiger charge is -2.13. The maximum Gasteiger partial charge on any atom is 0.266 e. The third-order valence-electron chi connectivity index (χ3n) is 4.89. The van der Waals surface area contributed by atoms with Crippen molar-refractivity contribution in [1.82, 2.24) is 0 Å². The smallest absolute Gasteiger partial charge is 0.266 e. The molecule has 0 atom stereocenters. The largest absolute Gasteiger partial charge is 0.483 e. The second kappa shape index (κ2) is 7.83. The highest BCUT2D eigenvalue weighted by atomic mass is 16.5. The summed E-state index contributed by atoms with van der Waals surface area (Å²) in [6.07, 6.45) is 0. The minimum atomic E-state index is -0.413. The van der Waals surface area contributed by atoms with Gasteiger partial charge in [0.15, 0.2) is 6.61 Å². The zero-order valence-corrected chi connectivity index (χ0v) is 16.6. The number of nitrogens with one attached hydrogen (secondary N) is 1. The zero-order chi connectivity index (χ0) is 21.3. The molecule has 0 unspecified atom stereocenters. The standard InChI is InChI=1S/C24H20N2O4/c1-15-8-9-16(2)21(12-15)30-14-22(27)25-17-10-11-19-20(13-17)24(29)26(23(19)28)18-6-4-3-5-7-18/h3-13H,14H2,1-2H3,(H,25,27).